The van der Waals surface area contributed by atoms with Crippen LogP contribution in [0.1, 0.15) is 105 Å². The summed E-state index contributed by atoms with van der Waals surface area (Å²) in [6.45, 7) is 12.6. The standard InChI is InChI=1S/C29H47IO2/c1-18(2)7-6-8-19(3)22-9-10-23-21-15-25(32-26(31)17-30)29-16-20(29)11-14-28(29,5)24(21)12-13-27(22,23)4/h18-25H,6-17H2,1-5H3/t19-,20+,21-,22-,23+,24+,25-,27-,28+,29-/m0/s1. The molecule has 0 amide bonds. The summed E-state index contributed by atoms with van der Waals surface area (Å²) in [5.41, 5.74) is 1.27. The fourth-order valence-corrected chi connectivity index (χ4v) is 10.8. The smallest absolute Gasteiger partial charge is 0.316 e. The van der Waals surface area contributed by atoms with Crippen molar-refractivity contribution < 1.29 is 9.53 Å². The summed E-state index contributed by atoms with van der Waals surface area (Å²) >= 11 is 2.19. The number of carbonyl (C=O) groups excluding carboxylic acids is 1. The van der Waals surface area contributed by atoms with Gasteiger partial charge >= 0.3 is 5.97 Å². The van der Waals surface area contributed by atoms with Gasteiger partial charge in [0.05, 0.1) is 4.43 Å². The van der Waals surface area contributed by atoms with Crippen molar-refractivity contribution in [1.82, 2.24) is 0 Å². The molecule has 0 aromatic heterocycles. The first kappa shape index (κ1) is 23.9. The Hall–Kier alpha value is 0.200. The molecule has 1 spiro atoms. The fourth-order valence-electron chi connectivity index (χ4n) is 10.6. The van der Waals surface area contributed by atoms with E-state index < -0.39 is 0 Å². The van der Waals surface area contributed by atoms with Gasteiger partial charge in [0.2, 0.25) is 0 Å². The average Bonchev–Trinajstić information content (AvgIpc) is 3.26. The number of rotatable bonds is 7. The Bertz CT molecular complexity index is 735. The van der Waals surface area contributed by atoms with Crippen molar-refractivity contribution >= 4 is 28.6 Å². The van der Waals surface area contributed by atoms with Gasteiger partial charge in [0, 0.05) is 5.41 Å². The lowest BCUT2D eigenvalue weighted by molar-refractivity contribution is -0.181. The topological polar surface area (TPSA) is 26.3 Å². The summed E-state index contributed by atoms with van der Waals surface area (Å²) in [5.74, 6) is 5.97. The molecular weight excluding hydrogens is 507 g/mol. The van der Waals surface area contributed by atoms with E-state index >= 15 is 0 Å². The third-order valence-electron chi connectivity index (χ3n) is 12.1. The molecular formula is C29H47IO2. The first-order valence-electron chi connectivity index (χ1n) is 13.9. The van der Waals surface area contributed by atoms with Crippen LogP contribution in [0.5, 0.6) is 0 Å². The van der Waals surface area contributed by atoms with Gasteiger partial charge in [-0.2, -0.15) is 0 Å². The molecule has 0 aromatic carbocycles. The van der Waals surface area contributed by atoms with E-state index in [1.807, 2.05) is 0 Å². The van der Waals surface area contributed by atoms with Crippen molar-refractivity contribution in [1.29, 1.82) is 0 Å². The summed E-state index contributed by atoms with van der Waals surface area (Å²) < 4.78 is 6.80. The lowest BCUT2D eigenvalue weighted by Gasteiger charge is -2.60. The number of alkyl halides is 1. The average molecular weight is 555 g/mol. The number of hydrogen-bond donors (Lipinski definition) is 0. The highest BCUT2D eigenvalue weighted by atomic mass is 127. The SMILES string of the molecule is CC(C)CCC[C@H](C)[C@@H]1CC[C@@H]2[C@@H]3C[C@H](OC(=O)CI)[C@]45C[C@H]4CC[C@]5(C)[C@@H]3CC[C@]21C. The molecule has 0 unspecified atom stereocenters. The second kappa shape index (κ2) is 8.40. The minimum atomic E-state index is 0.0324. The van der Waals surface area contributed by atoms with Crippen LogP contribution >= 0.6 is 22.6 Å². The number of hydrogen-bond acceptors (Lipinski definition) is 2. The highest BCUT2D eigenvalue weighted by Crippen LogP contribution is 2.82. The monoisotopic (exact) mass is 554 g/mol. The molecule has 5 saturated carbocycles. The van der Waals surface area contributed by atoms with Crippen LogP contribution in [0.15, 0.2) is 0 Å². The Morgan fingerprint density at radius 1 is 1.03 bits per heavy atom. The number of fused-ring (bicyclic) bond motifs is 4. The van der Waals surface area contributed by atoms with E-state index in [0.29, 0.717) is 20.7 Å². The predicted octanol–water partition coefficient (Wildman–Crippen LogP) is 8.06. The molecule has 5 fully saturated rings. The van der Waals surface area contributed by atoms with Crippen LogP contribution in [0.3, 0.4) is 0 Å². The van der Waals surface area contributed by atoms with E-state index in [0.717, 1.165) is 41.4 Å². The van der Waals surface area contributed by atoms with Gasteiger partial charge in [-0.3, -0.25) is 4.79 Å². The van der Waals surface area contributed by atoms with Gasteiger partial charge in [-0.15, -0.1) is 0 Å². The van der Waals surface area contributed by atoms with E-state index in [9.17, 15) is 4.79 Å². The predicted molar refractivity (Wildman–Crippen MR) is 140 cm³/mol. The van der Waals surface area contributed by atoms with Crippen molar-refractivity contribution in [3.05, 3.63) is 0 Å². The van der Waals surface area contributed by atoms with Gasteiger partial charge in [0.1, 0.15) is 6.10 Å². The minimum Gasteiger partial charge on any atom is -0.461 e. The zero-order valence-corrected chi connectivity index (χ0v) is 23.5. The molecule has 5 aliphatic carbocycles. The normalized spacial score (nSPS) is 49.7. The van der Waals surface area contributed by atoms with Crippen molar-refractivity contribution in [2.24, 2.45) is 57.7 Å². The van der Waals surface area contributed by atoms with E-state index in [1.54, 1.807) is 0 Å². The molecule has 0 aromatic rings. The highest BCUT2D eigenvalue weighted by Gasteiger charge is 2.78. The van der Waals surface area contributed by atoms with Crippen molar-refractivity contribution in [3.63, 3.8) is 0 Å². The summed E-state index contributed by atoms with van der Waals surface area (Å²) in [5, 5.41) is 0. The first-order valence-corrected chi connectivity index (χ1v) is 15.5. The molecule has 3 heteroatoms. The molecule has 0 radical (unpaired) electrons. The highest BCUT2D eigenvalue weighted by molar-refractivity contribution is 14.1. The van der Waals surface area contributed by atoms with E-state index in [-0.39, 0.29) is 12.1 Å². The zero-order chi connectivity index (χ0) is 22.9. The maximum Gasteiger partial charge on any atom is 0.316 e. The summed E-state index contributed by atoms with van der Waals surface area (Å²) in [6.07, 6.45) is 15.4. The maximum atomic E-state index is 12.4. The second-order valence-corrected chi connectivity index (χ2v) is 14.4. The number of halogens is 1. The van der Waals surface area contributed by atoms with E-state index in [2.05, 4.69) is 57.2 Å². The van der Waals surface area contributed by atoms with Crippen LogP contribution in [-0.2, 0) is 9.53 Å². The summed E-state index contributed by atoms with van der Waals surface area (Å²) in [4.78, 5) is 12.4. The van der Waals surface area contributed by atoms with E-state index in [1.165, 1.54) is 70.6 Å². The Kier molecular flexibility index (Phi) is 6.28. The van der Waals surface area contributed by atoms with Crippen LogP contribution in [-0.4, -0.2) is 16.5 Å². The molecule has 0 bridgehead atoms. The van der Waals surface area contributed by atoms with Gasteiger partial charge in [-0.05, 0) is 104 Å². The van der Waals surface area contributed by atoms with Gasteiger partial charge < -0.3 is 4.74 Å². The largest absolute Gasteiger partial charge is 0.461 e. The van der Waals surface area contributed by atoms with Crippen LogP contribution in [0.4, 0.5) is 0 Å². The van der Waals surface area contributed by atoms with Gasteiger partial charge in [-0.25, -0.2) is 0 Å². The first-order chi connectivity index (χ1) is 15.2. The van der Waals surface area contributed by atoms with E-state index in [4.69, 9.17) is 4.74 Å². The van der Waals surface area contributed by atoms with Gasteiger partial charge in [0.15, 0.2) is 0 Å². The van der Waals surface area contributed by atoms with Crippen LogP contribution in [0.25, 0.3) is 0 Å². The number of carbonyl (C=O) groups is 1. The molecule has 0 saturated heterocycles. The van der Waals surface area contributed by atoms with Crippen LogP contribution in [0.2, 0.25) is 0 Å². The zero-order valence-electron chi connectivity index (χ0n) is 21.3. The lowest BCUT2D eigenvalue weighted by atomic mass is 9.45. The van der Waals surface area contributed by atoms with Gasteiger partial charge in [-0.1, -0.05) is 76.5 Å². The number of ether oxygens (including phenoxy) is 1. The summed E-state index contributed by atoms with van der Waals surface area (Å²) in [7, 11) is 0. The van der Waals surface area contributed by atoms with Gasteiger partial charge in [0.25, 0.3) is 0 Å². The molecule has 2 nitrogen and oxygen atoms in total. The molecule has 5 aliphatic rings. The maximum absolute atomic E-state index is 12.4. The molecule has 182 valence electrons. The third kappa shape index (κ3) is 3.39. The molecule has 0 heterocycles. The third-order valence-corrected chi connectivity index (χ3v) is 12.8. The lowest BCUT2D eigenvalue weighted by Crippen LogP contribution is -2.57. The molecule has 0 aliphatic heterocycles. The van der Waals surface area contributed by atoms with Crippen LogP contribution in [0, 0.1) is 57.7 Å². The Balaban J connectivity index is 1.37. The van der Waals surface area contributed by atoms with Crippen molar-refractivity contribution in [2.45, 2.75) is 111 Å². The Labute approximate surface area is 210 Å². The Morgan fingerprint density at radius 3 is 2.50 bits per heavy atom. The summed E-state index contributed by atoms with van der Waals surface area (Å²) in [6, 6.07) is 0. The van der Waals surface area contributed by atoms with Crippen molar-refractivity contribution in [3.8, 4) is 0 Å². The molecule has 10 atom stereocenters. The Morgan fingerprint density at radius 2 is 1.81 bits per heavy atom. The molecule has 5 rings (SSSR count). The number of esters is 1. The van der Waals surface area contributed by atoms with Crippen LogP contribution < -0.4 is 0 Å². The van der Waals surface area contributed by atoms with Crippen molar-refractivity contribution in [2.75, 3.05) is 4.43 Å². The second-order valence-electron chi connectivity index (χ2n) is 13.7. The molecule has 32 heavy (non-hydrogen) atoms. The molecule has 0 N–H and O–H groups in total. The fraction of sp³-hybridized carbons (Fsp3) is 0.966. The minimum absolute atomic E-state index is 0.0324. The quantitative estimate of drug-likeness (QED) is 0.181.